The molecule has 7 rings (SSSR count). The number of benzene rings is 4. The fourth-order valence-corrected chi connectivity index (χ4v) is 8.88. The van der Waals surface area contributed by atoms with Gasteiger partial charge in [-0.2, -0.15) is 5.10 Å². The highest BCUT2D eigenvalue weighted by molar-refractivity contribution is 6.36. The molecule has 2 fully saturated rings. The quantitative estimate of drug-likeness (QED) is 0.102. The first-order valence-corrected chi connectivity index (χ1v) is 20.1. The van der Waals surface area contributed by atoms with Crippen molar-refractivity contribution < 1.29 is 24.2 Å². The zero-order valence-corrected chi connectivity index (χ0v) is 33.6. The SMILES string of the molecule is COc1cc(-c2cccc(-c3cccc4c3cnn4Cc3cc(OC)c(CN(C)C4CCC(C(=O)O)CC4)cc3Cl)c2Cl)ccc1CNC[C@@H]1CCCC(=O)N1. The van der Waals surface area contributed by atoms with E-state index in [2.05, 4.69) is 46.8 Å². The molecule has 1 atom stereocenters. The van der Waals surface area contributed by atoms with E-state index in [4.69, 9.17) is 37.8 Å². The van der Waals surface area contributed by atoms with E-state index in [0.29, 0.717) is 61.5 Å². The second-order valence-corrected chi connectivity index (χ2v) is 15.8. The predicted molar refractivity (Wildman–Crippen MR) is 222 cm³/mol. The Morgan fingerprint density at radius 2 is 1.66 bits per heavy atom. The van der Waals surface area contributed by atoms with Crippen molar-refractivity contribution in [3.05, 3.63) is 99.7 Å². The molecule has 0 radical (unpaired) electrons. The number of ether oxygens (including phenoxy) is 2. The molecule has 1 aliphatic heterocycles. The van der Waals surface area contributed by atoms with Crippen molar-refractivity contribution in [3.8, 4) is 33.8 Å². The number of amides is 1. The first-order valence-electron chi connectivity index (χ1n) is 19.3. The minimum Gasteiger partial charge on any atom is -0.496 e. The lowest BCUT2D eigenvalue weighted by Gasteiger charge is -2.33. The molecule has 1 amide bonds. The van der Waals surface area contributed by atoms with Gasteiger partial charge in [-0.1, -0.05) is 65.7 Å². The maximum absolute atomic E-state index is 11.8. The number of piperidine rings is 1. The lowest BCUT2D eigenvalue weighted by atomic mass is 9.85. The second kappa shape index (κ2) is 17.7. The summed E-state index contributed by atoms with van der Waals surface area (Å²) in [7, 11) is 5.43. The maximum Gasteiger partial charge on any atom is 0.306 e. The van der Waals surface area contributed by atoms with Crippen molar-refractivity contribution in [2.75, 3.05) is 27.8 Å². The Morgan fingerprint density at radius 1 is 0.929 bits per heavy atom. The summed E-state index contributed by atoms with van der Waals surface area (Å²) in [6.07, 6.45) is 7.51. The van der Waals surface area contributed by atoms with Crippen molar-refractivity contribution in [1.29, 1.82) is 0 Å². The molecule has 12 heteroatoms. The number of halogens is 2. The molecule has 1 aromatic heterocycles. The topological polar surface area (TPSA) is 118 Å². The van der Waals surface area contributed by atoms with Gasteiger partial charge in [-0.3, -0.25) is 19.2 Å². The van der Waals surface area contributed by atoms with Crippen molar-refractivity contribution in [3.63, 3.8) is 0 Å². The smallest absolute Gasteiger partial charge is 0.306 e. The molecule has 5 aromatic rings. The molecule has 294 valence electrons. The molecule has 4 aromatic carbocycles. The number of aliphatic carboxylic acids is 1. The standard InChI is InChI=1S/C44H49Cl2N5O5/c1-50(33-17-15-27(16-18-33)44(53)54)25-31-19-38(45)30(21-41(31)56-3)26-51-39-11-6-9-35(37(39)24-48-51)36-10-5-8-34(43(36)46)28-13-14-29(40(20-28)55-2)22-47-23-32-7-4-12-42(52)49-32/h5-6,8-11,13-14,19-21,24,27,32-33,47H,4,7,12,15-18,22-23,25-26H2,1-3H3,(H,49,52)(H,53,54)/t27?,32-,33?/m0/s1. The van der Waals surface area contributed by atoms with Crippen LogP contribution in [0.1, 0.15) is 61.6 Å². The summed E-state index contributed by atoms with van der Waals surface area (Å²) in [6.45, 7) is 2.42. The number of nitrogens with zero attached hydrogens (tertiary/aromatic N) is 3. The first-order chi connectivity index (χ1) is 27.1. The number of carbonyl (C=O) groups is 2. The fraction of sp³-hybridized carbons (Fsp3) is 0.386. The van der Waals surface area contributed by atoms with Crippen LogP contribution in [0.25, 0.3) is 33.2 Å². The van der Waals surface area contributed by atoms with Crippen LogP contribution in [0.5, 0.6) is 11.5 Å². The Bertz CT molecular complexity index is 2220. The molecule has 0 unspecified atom stereocenters. The fourth-order valence-electron chi connectivity index (χ4n) is 8.29. The van der Waals surface area contributed by atoms with Crippen LogP contribution in [0.15, 0.2) is 72.9 Å². The van der Waals surface area contributed by atoms with Crippen LogP contribution < -0.4 is 20.1 Å². The second-order valence-electron chi connectivity index (χ2n) is 15.0. The normalized spacial score (nSPS) is 18.6. The number of carbonyl (C=O) groups excluding carboxylic acids is 1. The number of hydrogen-bond acceptors (Lipinski definition) is 7. The molecule has 3 N–H and O–H groups in total. The molecular weight excluding hydrogens is 749 g/mol. The number of fused-ring (bicyclic) bond motifs is 1. The van der Waals surface area contributed by atoms with Gasteiger partial charge in [0.25, 0.3) is 0 Å². The van der Waals surface area contributed by atoms with Gasteiger partial charge < -0.3 is 25.2 Å². The van der Waals surface area contributed by atoms with Gasteiger partial charge in [-0.15, -0.1) is 0 Å². The molecule has 2 heterocycles. The molecule has 0 spiro atoms. The third-order valence-electron chi connectivity index (χ3n) is 11.5. The van der Waals surface area contributed by atoms with Gasteiger partial charge in [0.2, 0.25) is 5.91 Å². The van der Waals surface area contributed by atoms with E-state index in [1.54, 1.807) is 14.2 Å². The van der Waals surface area contributed by atoms with Crippen LogP contribution in [0.3, 0.4) is 0 Å². The number of carboxylic acids is 1. The summed E-state index contributed by atoms with van der Waals surface area (Å²) in [5.41, 5.74) is 7.57. The molecule has 1 saturated heterocycles. The first kappa shape index (κ1) is 39.6. The van der Waals surface area contributed by atoms with Gasteiger partial charge in [-0.25, -0.2) is 0 Å². The number of rotatable bonds is 14. The zero-order chi connectivity index (χ0) is 39.3. The lowest BCUT2D eigenvalue weighted by Crippen LogP contribution is -2.44. The minimum absolute atomic E-state index is 0.123. The Morgan fingerprint density at radius 3 is 2.41 bits per heavy atom. The maximum atomic E-state index is 11.8. The van der Waals surface area contributed by atoms with Gasteiger partial charge in [-0.05, 0) is 86.5 Å². The zero-order valence-electron chi connectivity index (χ0n) is 32.1. The summed E-state index contributed by atoms with van der Waals surface area (Å²) in [6, 6.07) is 22.8. The summed E-state index contributed by atoms with van der Waals surface area (Å²) in [4.78, 5) is 25.5. The van der Waals surface area contributed by atoms with E-state index >= 15 is 0 Å². The average molecular weight is 799 g/mol. The van der Waals surface area contributed by atoms with E-state index in [1.165, 1.54) is 0 Å². The van der Waals surface area contributed by atoms with E-state index in [0.717, 1.165) is 87.0 Å². The minimum atomic E-state index is -0.692. The summed E-state index contributed by atoms with van der Waals surface area (Å²) in [5.74, 6) is 0.709. The molecule has 1 saturated carbocycles. The molecule has 56 heavy (non-hydrogen) atoms. The average Bonchev–Trinajstić information content (AvgIpc) is 3.62. The highest BCUT2D eigenvalue weighted by Crippen LogP contribution is 2.41. The highest BCUT2D eigenvalue weighted by atomic mass is 35.5. The van der Waals surface area contributed by atoms with Gasteiger partial charge in [0.15, 0.2) is 0 Å². The third kappa shape index (κ3) is 8.69. The number of methoxy groups -OCH3 is 2. The van der Waals surface area contributed by atoms with Crippen LogP contribution >= 0.6 is 23.2 Å². The molecule has 2 aliphatic rings. The number of nitrogens with one attached hydrogen (secondary N) is 2. The summed E-state index contributed by atoms with van der Waals surface area (Å²) >= 11 is 14.2. The third-order valence-corrected chi connectivity index (χ3v) is 12.2. The van der Waals surface area contributed by atoms with Crippen LogP contribution in [-0.2, 0) is 29.2 Å². The van der Waals surface area contributed by atoms with Crippen LogP contribution in [-0.4, -0.2) is 71.6 Å². The Labute approximate surface area is 338 Å². The molecule has 10 nitrogen and oxygen atoms in total. The highest BCUT2D eigenvalue weighted by Gasteiger charge is 2.28. The molecule has 0 bridgehead atoms. The van der Waals surface area contributed by atoms with Crippen molar-refractivity contribution in [2.45, 2.75) is 76.7 Å². The van der Waals surface area contributed by atoms with Crippen molar-refractivity contribution in [1.82, 2.24) is 25.3 Å². The van der Waals surface area contributed by atoms with Gasteiger partial charge in [0, 0.05) is 70.8 Å². The van der Waals surface area contributed by atoms with Crippen molar-refractivity contribution in [2.24, 2.45) is 5.92 Å². The van der Waals surface area contributed by atoms with Crippen molar-refractivity contribution >= 4 is 46.0 Å². The van der Waals surface area contributed by atoms with Crippen LogP contribution in [0.2, 0.25) is 10.0 Å². The Kier molecular flexibility index (Phi) is 12.5. The number of aromatic nitrogens is 2. The van der Waals surface area contributed by atoms with E-state index in [-0.39, 0.29) is 17.9 Å². The Balaban J connectivity index is 1.08. The number of carboxylic acid groups (broad SMARTS) is 1. The van der Waals surface area contributed by atoms with E-state index in [1.807, 2.05) is 53.3 Å². The summed E-state index contributed by atoms with van der Waals surface area (Å²) in [5, 5.41) is 23.0. The largest absolute Gasteiger partial charge is 0.496 e. The van der Waals surface area contributed by atoms with Gasteiger partial charge in [0.1, 0.15) is 11.5 Å². The van der Waals surface area contributed by atoms with Crippen LogP contribution in [0.4, 0.5) is 0 Å². The monoisotopic (exact) mass is 797 g/mol. The van der Waals surface area contributed by atoms with E-state index in [9.17, 15) is 14.7 Å². The molecular formula is C44H49Cl2N5O5. The Hall–Kier alpha value is -4.61. The van der Waals surface area contributed by atoms with Crippen LogP contribution in [0, 0.1) is 5.92 Å². The van der Waals surface area contributed by atoms with Gasteiger partial charge in [0.05, 0.1) is 43.4 Å². The van der Waals surface area contributed by atoms with E-state index < -0.39 is 5.97 Å². The number of hydrogen-bond donors (Lipinski definition) is 3. The van der Waals surface area contributed by atoms with Gasteiger partial charge >= 0.3 is 5.97 Å². The predicted octanol–water partition coefficient (Wildman–Crippen LogP) is 8.58. The lowest BCUT2D eigenvalue weighted by molar-refractivity contribution is -0.143. The molecule has 1 aliphatic carbocycles. The summed E-state index contributed by atoms with van der Waals surface area (Å²) < 4.78 is 13.6.